The summed E-state index contributed by atoms with van der Waals surface area (Å²) < 4.78 is 0. The largest absolute Gasteiger partial charge is 0.507 e. The average Bonchev–Trinajstić information content (AvgIpc) is 2.54. The molecule has 0 spiro atoms. The summed E-state index contributed by atoms with van der Waals surface area (Å²) >= 11 is 0. The number of aromatic carboxylic acids is 1. The van der Waals surface area contributed by atoms with E-state index in [2.05, 4.69) is 33.8 Å². The van der Waals surface area contributed by atoms with E-state index in [1.54, 1.807) is 6.07 Å². The van der Waals surface area contributed by atoms with E-state index < -0.39 is 5.97 Å². The van der Waals surface area contributed by atoms with Crippen molar-refractivity contribution in [2.24, 2.45) is 11.8 Å². The van der Waals surface area contributed by atoms with Crippen LogP contribution in [0.3, 0.4) is 0 Å². The van der Waals surface area contributed by atoms with Gasteiger partial charge in [0.25, 0.3) is 0 Å². The molecule has 26 heavy (non-hydrogen) atoms. The second-order valence-electron chi connectivity index (χ2n) is 7.94. The van der Waals surface area contributed by atoms with Crippen LogP contribution in [0.25, 0.3) is 0 Å². The Balaban J connectivity index is 2.56. The smallest absolute Gasteiger partial charge is 0.339 e. The Morgan fingerprint density at radius 2 is 1.96 bits per heavy atom. The average molecular weight is 360 g/mol. The lowest BCUT2D eigenvalue weighted by Crippen LogP contribution is -2.22. The number of aromatic hydroxyl groups is 2. The van der Waals surface area contributed by atoms with Gasteiger partial charge < -0.3 is 15.3 Å². The number of allylic oxidation sites excluding steroid dienone is 2. The number of rotatable bonds is 7. The lowest BCUT2D eigenvalue weighted by atomic mass is 9.71. The van der Waals surface area contributed by atoms with E-state index in [1.807, 2.05) is 0 Å². The quantitative estimate of drug-likeness (QED) is 0.435. The molecule has 0 radical (unpaired) electrons. The monoisotopic (exact) mass is 360 g/mol. The molecule has 0 heterocycles. The van der Waals surface area contributed by atoms with Crippen molar-refractivity contribution in [3.63, 3.8) is 0 Å². The van der Waals surface area contributed by atoms with Crippen LogP contribution in [0.5, 0.6) is 11.5 Å². The van der Waals surface area contributed by atoms with Crippen LogP contribution < -0.4 is 0 Å². The molecule has 0 saturated carbocycles. The summed E-state index contributed by atoms with van der Waals surface area (Å²) in [7, 11) is 0. The highest BCUT2D eigenvalue weighted by Crippen LogP contribution is 2.48. The van der Waals surface area contributed by atoms with Crippen molar-refractivity contribution < 1.29 is 20.1 Å². The molecule has 0 fully saturated rings. The van der Waals surface area contributed by atoms with Crippen LogP contribution in [0.1, 0.15) is 87.2 Å². The van der Waals surface area contributed by atoms with Gasteiger partial charge in [0.1, 0.15) is 17.1 Å². The van der Waals surface area contributed by atoms with Crippen LogP contribution in [-0.4, -0.2) is 21.3 Å². The Morgan fingerprint density at radius 3 is 2.54 bits per heavy atom. The molecular weight excluding hydrogens is 328 g/mol. The third kappa shape index (κ3) is 4.22. The van der Waals surface area contributed by atoms with Crippen LogP contribution in [-0.2, 0) is 6.42 Å². The van der Waals surface area contributed by atoms with Crippen LogP contribution in [0.4, 0.5) is 0 Å². The van der Waals surface area contributed by atoms with E-state index in [1.165, 1.54) is 5.57 Å². The number of hydrogen-bond donors (Lipinski definition) is 3. The van der Waals surface area contributed by atoms with Crippen LogP contribution in [0, 0.1) is 11.8 Å². The Labute approximate surface area is 156 Å². The van der Waals surface area contributed by atoms with Gasteiger partial charge in [0.05, 0.1) is 0 Å². The van der Waals surface area contributed by atoms with Crippen LogP contribution in [0.2, 0.25) is 0 Å². The molecule has 144 valence electrons. The van der Waals surface area contributed by atoms with E-state index in [-0.39, 0.29) is 28.9 Å². The van der Waals surface area contributed by atoms with Gasteiger partial charge in [-0.05, 0) is 56.1 Å². The second-order valence-corrected chi connectivity index (χ2v) is 7.94. The lowest BCUT2D eigenvalue weighted by Gasteiger charge is -2.34. The summed E-state index contributed by atoms with van der Waals surface area (Å²) in [4.78, 5) is 11.8. The second kappa shape index (κ2) is 8.61. The first kappa shape index (κ1) is 20.3. The molecule has 1 aliphatic carbocycles. The maximum absolute atomic E-state index is 11.8. The van der Waals surface area contributed by atoms with E-state index in [9.17, 15) is 20.1 Å². The molecule has 4 heteroatoms. The number of hydrogen-bond acceptors (Lipinski definition) is 3. The zero-order valence-corrected chi connectivity index (χ0v) is 16.4. The van der Waals surface area contributed by atoms with Gasteiger partial charge >= 0.3 is 5.97 Å². The van der Waals surface area contributed by atoms with Gasteiger partial charge in [-0.15, -0.1) is 0 Å². The zero-order chi connectivity index (χ0) is 19.4. The first-order chi connectivity index (χ1) is 12.3. The zero-order valence-electron chi connectivity index (χ0n) is 16.4. The van der Waals surface area contributed by atoms with Crippen molar-refractivity contribution in [1.82, 2.24) is 0 Å². The summed E-state index contributed by atoms with van der Waals surface area (Å²) in [6, 6.07) is 1.56. The number of carboxylic acids is 1. The fourth-order valence-corrected chi connectivity index (χ4v) is 4.19. The van der Waals surface area contributed by atoms with Crippen molar-refractivity contribution in [2.75, 3.05) is 0 Å². The van der Waals surface area contributed by atoms with Crippen LogP contribution >= 0.6 is 0 Å². The molecular formula is C22H32O4. The van der Waals surface area contributed by atoms with Crippen molar-refractivity contribution >= 4 is 5.97 Å². The lowest BCUT2D eigenvalue weighted by molar-refractivity contribution is 0.0692. The Morgan fingerprint density at radius 1 is 1.27 bits per heavy atom. The minimum atomic E-state index is -1.13. The predicted molar refractivity (Wildman–Crippen MR) is 104 cm³/mol. The number of phenolic OH excluding ortho intramolecular Hbond substituents is 1. The highest BCUT2D eigenvalue weighted by Gasteiger charge is 2.33. The molecule has 0 saturated heterocycles. The third-order valence-electron chi connectivity index (χ3n) is 5.65. The summed E-state index contributed by atoms with van der Waals surface area (Å²) in [5.41, 5.74) is 2.06. The predicted octanol–water partition coefficient (Wildman–Crippen LogP) is 5.62. The molecule has 0 amide bonds. The van der Waals surface area contributed by atoms with Gasteiger partial charge in [-0.25, -0.2) is 4.79 Å². The third-order valence-corrected chi connectivity index (χ3v) is 5.65. The molecule has 1 unspecified atom stereocenters. The molecule has 4 nitrogen and oxygen atoms in total. The first-order valence-electron chi connectivity index (χ1n) is 9.76. The Hall–Kier alpha value is -1.97. The van der Waals surface area contributed by atoms with Gasteiger partial charge in [-0.1, -0.05) is 45.3 Å². The van der Waals surface area contributed by atoms with E-state index in [0.717, 1.165) is 32.1 Å². The Kier molecular flexibility index (Phi) is 6.74. The number of unbranched alkanes of at least 4 members (excludes halogenated alkanes) is 2. The number of phenols is 2. The topological polar surface area (TPSA) is 77.8 Å². The maximum atomic E-state index is 11.8. The van der Waals surface area contributed by atoms with Gasteiger partial charge in [0.15, 0.2) is 0 Å². The van der Waals surface area contributed by atoms with Crippen molar-refractivity contribution in [2.45, 2.75) is 72.1 Å². The molecule has 1 aromatic carbocycles. The van der Waals surface area contributed by atoms with Gasteiger partial charge in [0, 0.05) is 11.5 Å². The normalized spacial score (nSPS) is 20.3. The fraction of sp³-hybridized carbons (Fsp3) is 0.591. The molecule has 1 aromatic rings. The minimum absolute atomic E-state index is 0.0144. The van der Waals surface area contributed by atoms with Gasteiger partial charge in [0.2, 0.25) is 0 Å². The summed E-state index contributed by atoms with van der Waals surface area (Å²) in [6.07, 6.45) is 7.47. The molecule has 2 rings (SSSR count). The molecule has 0 aromatic heterocycles. The fourth-order valence-electron chi connectivity index (χ4n) is 4.19. The molecule has 0 aliphatic heterocycles. The molecule has 2 atom stereocenters. The summed E-state index contributed by atoms with van der Waals surface area (Å²) in [5.74, 6) is -0.894. The van der Waals surface area contributed by atoms with Crippen LogP contribution in [0.15, 0.2) is 17.7 Å². The highest BCUT2D eigenvalue weighted by molar-refractivity contribution is 5.94. The van der Waals surface area contributed by atoms with Gasteiger partial charge in [-0.2, -0.15) is 0 Å². The maximum Gasteiger partial charge on any atom is 0.339 e. The Bertz CT molecular complexity index is 688. The van der Waals surface area contributed by atoms with E-state index in [4.69, 9.17) is 0 Å². The SMILES string of the molecule is CCCCCc1cc(O)c([C@@H]2C=C(C)CCC2C(C)C)c(O)c1C(=O)O. The number of aryl methyl sites for hydroxylation is 1. The van der Waals surface area contributed by atoms with Crippen molar-refractivity contribution in [1.29, 1.82) is 0 Å². The van der Waals surface area contributed by atoms with Gasteiger partial charge in [-0.3, -0.25) is 0 Å². The highest BCUT2D eigenvalue weighted by atomic mass is 16.4. The summed E-state index contributed by atoms with van der Waals surface area (Å²) in [5, 5.41) is 31.2. The number of carboxylic acid groups (broad SMARTS) is 1. The van der Waals surface area contributed by atoms with Crippen molar-refractivity contribution in [3.8, 4) is 11.5 Å². The number of benzene rings is 1. The number of carbonyl (C=O) groups is 1. The van der Waals surface area contributed by atoms with Crippen molar-refractivity contribution in [3.05, 3.63) is 34.4 Å². The summed E-state index contributed by atoms with van der Waals surface area (Å²) in [6.45, 7) is 8.41. The molecule has 1 aliphatic rings. The van der Waals surface area contributed by atoms with E-state index in [0.29, 0.717) is 23.5 Å². The van der Waals surface area contributed by atoms with E-state index >= 15 is 0 Å². The molecule has 0 bridgehead atoms. The standard InChI is InChI=1S/C22H32O4/c1-5-6-7-8-15-12-18(23)20(21(24)19(15)22(25)26)17-11-14(4)9-10-16(17)13(2)3/h11-13,16-17,23-24H,5-10H2,1-4H3,(H,25,26)/t16?,17-/m1/s1. The first-order valence-corrected chi connectivity index (χ1v) is 9.76. The minimum Gasteiger partial charge on any atom is -0.507 e. The molecule has 3 N–H and O–H groups in total.